The number of hydrogen-bond acceptors (Lipinski definition) is 5. The number of carbonyl (C=O) groups is 2. The summed E-state index contributed by atoms with van der Waals surface area (Å²) in [6, 6.07) is 3.27. The highest BCUT2D eigenvalue weighted by atomic mass is 19.4. The number of piperidine rings is 1. The van der Waals surface area contributed by atoms with Crippen LogP contribution >= 0.6 is 0 Å². The Labute approximate surface area is 157 Å². The number of aromatic carboxylic acids is 1. The summed E-state index contributed by atoms with van der Waals surface area (Å²) in [5.41, 5.74) is -0.621. The van der Waals surface area contributed by atoms with E-state index in [1.807, 2.05) is 4.90 Å². The van der Waals surface area contributed by atoms with E-state index in [9.17, 15) is 22.8 Å². The van der Waals surface area contributed by atoms with Crippen molar-refractivity contribution in [3.05, 3.63) is 35.7 Å². The monoisotopic (exact) mass is 397 g/mol. The first-order valence-electron chi connectivity index (χ1n) is 8.63. The van der Waals surface area contributed by atoms with Gasteiger partial charge >= 0.3 is 12.1 Å². The van der Waals surface area contributed by atoms with E-state index in [1.54, 1.807) is 0 Å². The van der Waals surface area contributed by atoms with Crippen LogP contribution in [0.4, 0.5) is 24.5 Å². The number of rotatable bonds is 5. The Morgan fingerprint density at radius 2 is 1.89 bits per heavy atom. The molecule has 3 rings (SSSR count). The molecule has 0 unspecified atom stereocenters. The normalized spacial score (nSPS) is 14.8. The lowest BCUT2D eigenvalue weighted by atomic mass is 10.1. The van der Waals surface area contributed by atoms with Crippen molar-refractivity contribution >= 4 is 23.3 Å². The Hall–Kier alpha value is -3.11. The van der Waals surface area contributed by atoms with Crippen LogP contribution in [0.2, 0.25) is 0 Å². The van der Waals surface area contributed by atoms with Gasteiger partial charge in [-0.2, -0.15) is 13.2 Å². The van der Waals surface area contributed by atoms with E-state index in [1.165, 1.54) is 6.07 Å². The van der Waals surface area contributed by atoms with Crippen LogP contribution in [-0.2, 0) is 17.5 Å². The molecule has 0 radical (unpaired) electrons. The molecular formula is C17H18F3N5O3. The van der Waals surface area contributed by atoms with Gasteiger partial charge in [0.25, 0.3) is 0 Å². The zero-order valence-corrected chi connectivity index (χ0v) is 14.7. The molecule has 1 aliphatic heterocycles. The first-order chi connectivity index (χ1) is 13.2. The zero-order valence-electron chi connectivity index (χ0n) is 14.7. The molecule has 0 aliphatic carbocycles. The molecule has 0 atom stereocenters. The first kappa shape index (κ1) is 19.6. The number of anilines is 2. The van der Waals surface area contributed by atoms with Gasteiger partial charge in [-0.25, -0.2) is 9.48 Å². The van der Waals surface area contributed by atoms with Crippen molar-refractivity contribution in [2.24, 2.45) is 0 Å². The van der Waals surface area contributed by atoms with Crippen LogP contribution < -0.4 is 10.2 Å². The lowest BCUT2D eigenvalue weighted by molar-refractivity contribution is -0.137. The average Bonchev–Trinajstić information content (AvgIpc) is 3.10. The van der Waals surface area contributed by atoms with Gasteiger partial charge in [-0.1, -0.05) is 5.21 Å². The van der Waals surface area contributed by atoms with Gasteiger partial charge in [0.15, 0.2) is 5.69 Å². The van der Waals surface area contributed by atoms with E-state index in [4.69, 9.17) is 5.11 Å². The van der Waals surface area contributed by atoms with Gasteiger partial charge in [0.1, 0.15) is 6.54 Å². The van der Waals surface area contributed by atoms with Gasteiger partial charge in [0, 0.05) is 13.1 Å². The van der Waals surface area contributed by atoms with Gasteiger partial charge in [-0.15, -0.1) is 5.10 Å². The minimum absolute atomic E-state index is 0.0558. The predicted molar refractivity (Wildman–Crippen MR) is 93.1 cm³/mol. The number of nitrogens with zero attached hydrogens (tertiary/aromatic N) is 4. The number of benzene rings is 1. The number of carbonyl (C=O) groups excluding carboxylic acids is 1. The summed E-state index contributed by atoms with van der Waals surface area (Å²) < 4.78 is 40.3. The summed E-state index contributed by atoms with van der Waals surface area (Å²) in [5, 5.41) is 18.2. The molecule has 11 heteroatoms. The largest absolute Gasteiger partial charge is 0.476 e. The molecule has 1 aromatic heterocycles. The fourth-order valence-electron chi connectivity index (χ4n) is 3.03. The third kappa shape index (κ3) is 4.59. The maximum Gasteiger partial charge on any atom is 0.416 e. The van der Waals surface area contributed by atoms with Crippen molar-refractivity contribution in [1.29, 1.82) is 0 Å². The molecule has 2 N–H and O–H groups in total. The summed E-state index contributed by atoms with van der Waals surface area (Å²) in [6.07, 6.45) is -0.574. The van der Waals surface area contributed by atoms with E-state index < -0.39 is 23.6 Å². The Morgan fingerprint density at radius 3 is 2.50 bits per heavy atom. The number of aromatic nitrogens is 3. The van der Waals surface area contributed by atoms with Gasteiger partial charge < -0.3 is 15.3 Å². The summed E-state index contributed by atoms with van der Waals surface area (Å²) in [6.45, 7) is 1.01. The highest BCUT2D eigenvalue weighted by Crippen LogP contribution is 2.36. The van der Waals surface area contributed by atoms with E-state index in [-0.39, 0.29) is 17.9 Å². The van der Waals surface area contributed by atoms with Gasteiger partial charge in [0.2, 0.25) is 5.91 Å². The van der Waals surface area contributed by atoms with Crippen LogP contribution in [0.15, 0.2) is 24.4 Å². The summed E-state index contributed by atoms with van der Waals surface area (Å²) >= 11 is 0. The molecular weight excluding hydrogens is 379 g/mol. The van der Waals surface area contributed by atoms with Crippen molar-refractivity contribution in [3.8, 4) is 0 Å². The SMILES string of the molecule is O=C(Cn1cc(C(=O)O)nn1)Nc1cc(C(F)(F)F)ccc1N1CCCCC1. The summed E-state index contributed by atoms with van der Waals surface area (Å²) in [5.74, 6) is -1.93. The van der Waals surface area contributed by atoms with Crippen molar-refractivity contribution < 1.29 is 27.9 Å². The topological polar surface area (TPSA) is 100 Å². The average molecular weight is 397 g/mol. The molecule has 8 nitrogen and oxygen atoms in total. The minimum atomic E-state index is -4.54. The van der Waals surface area contributed by atoms with Crippen LogP contribution in [0.1, 0.15) is 35.3 Å². The molecule has 0 spiro atoms. The summed E-state index contributed by atoms with van der Waals surface area (Å²) in [7, 11) is 0. The van der Waals surface area contributed by atoms with Gasteiger partial charge in [-0.3, -0.25) is 4.79 Å². The Morgan fingerprint density at radius 1 is 1.18 bits per heavy atom. The van der Waals surface area contributed by atoms with Crippen LogP contribution in [0, 0.1) is 0 Å². The Balaban J connectivity index is 1.82. The number of nitrogens with one attached hydrogen (secondary N) is 1. The highest BCUT2D eigenvalue weighted by Gasteiger charge is 2.32. The molecule has 0 saturated carbocycles. The van der Waals surface area contributed by atoms with Gasteiger partial charge in [-0.05, 0) is 37.5 Å². The van der Waals surface area contributed by atoms with Crippen molar-refractivity contribution in [1.82, 2.24) is 15.0 Å². The molecule has 28 heavy (non-hydrogen) atoms. The van der Waals surface area contributed by atoms with Gasteiger partial charge in [0.05, 0.1) is 23.1 Å². The van der Waals surface area contributed by atoms with Crippen LogP contribution in [0.3, 0.4) is 0 Å². The second-order valence-corrected chi connectivity index (χ2v) is 6.43. The van der Waals surface area contributed by atoms with E-state index in [0.717, 1.165) is 42.3 Å². The highest BCUT2D eigenvalue weighted by molar-refractivity contribution is 5.94. The van der Waals surface area contributed by atoms with E-state index >= 15 is 0 Å². The third-order valence-corrected chi connectivity index (χ3v) is 4.36. The smallest absolute Gasteiger partial charge is 0.416 e. The Kier molecular flexibility index (Phi) is 5.52. The standard InChI is InChI=1S/C17H18F3N5O3/c18-17(19,20)11-4-5-14(24-6-2-1-3-7-24)12(8-11)21-15(26)10-25-9-13(16(27)28)22-23-25/h4-5,8-9H,1-3,6-7,10H2,(H,21,26)(H,27,28). The summed E-state index contributed by atoms with van der Waals surface area (Å²) in [4.78, 5) is 25.1. The second kappa shape index (κ2) is 7.87. The second-order valence-electron chi connectivity index (χ2n) is 6.43. The number of halogens is 3. The Bertz CT molecular complexity index is 875. The lowest BCUT2D eigenvalue weighted by Crippen LogP contribution is -2.31. The maximum atomic E-state index is 13.1. The molecule has 0 bridgehead atoms. The third-order valence-electron chi connectivity index (χ3n) is 4.36. The van der Waals surface area contributed by atoms with Crippen LogP contribution in [0.25, 0.3) is 0 Å². The molecule has 1 fully saturated rings. The maximum absolute atomic E-state index is 13.1. The predicted octanol–water partition coefficient (Wildman–Crippen LogP) is 2.62. The molecule has 1 aromatic carbocycles. The molecule has 1 amide bonds. The number of alkyl halides is 3. The molecule has 1 aliphatic rings. The zero-order chi connectivity index (χ0) is 20.3. The van der Waals surface area contributed by atoms with Crippen molar-refractivity contribution in [3.63, 3.8) is 0 Å². The quantitative estimate of drug-likeness (QED) is 0.805. The molecule has 1 saturated heterocycles. The lowest BCUT2D eigenvalue weighted by Gasteiger charge is -2.31. The minimum Gasteiger partial charge on any atom is -0.476 e. The van der Waals surface area contributed by atoms with Crippen LogP contribution in [-0.4, -0.2) is 45.1 Å². The van der Waals surface area contributed by atoms with Crippen molar-refractivity contribution in [2.45, 2.75) is 32.0 Å². The fraction of sp³-hybridized carbons (Fsp3) is 0.412. The van der Waals surface area contributed by atoms with E-state index in [2.05, 4.69) is 15.6 Å². The number of amides is 1. The number of carboxylic acid groups (broad SMARTS) is 1. The fourth-order valence-corrected chi connectivity index (χ4v) is 3.03. The van der Waals surface area contributed by atoms with Crippen LogP contribution in [0.5, 0.6) is 0 Å². The number of hydrogen-bond donors (Lipinski definition) is 2. The molecule has 2 heterocycles. The molecule has 150 valence electrons. The van der Waals surface area contributed by atoms with Crippen molar-refractivity contribution in [2.75, 3.05) is 23.3 Å². The first-order valence-corrected chi connectivity index (χ1v) is 8.63. The number of carboxylic acids is 1. The van der Waals surface area contributed by atoms with E-state index in [0.29, 0.717) is 18.8 Å². The molecule has 2 aromatic rings.